The fourth-order valence-electron chi connectivity index (χ4n) is 5.19. The number of benzene rings is 2. The summed E-state index contributed by atoms with van der Waals surface area (Å²) in [5.74, 6) is 0.0841. The molecule has 9 nitrogen and oxygen atoms in total. The maximum atomic E-state index is 13.5. The molecule has 2 aromatic carbocycles. The predicted molar refractivity (Wildman–Crippen MR) is 138 cm³/mol. The molecule has 2 aliphatic rings. The van der Waals surface area contributed by atoms with Crippen molar-refractivity contribution in [2.75, 3.05) is 5.32 Å². The van der Waals surface area contributed by atoms with Gasteiger partial charge >= 0.3 is 0 Å². The molecule has 2 N–H and O–H groups in total. The molecular formula is C28H30N4O5. The quantitative estimate of drug-likeness (QED) is 0.495. The SMILES string of the molecule is Cc1nc2cccc(OCc3ccc(NC(=O)C4CCCCC4)cc3)c2c(=O)n1C1CCC(=O)NC1=O. The lowest BCUT2D eigenvalue weighted by molar-refractivity contribution is -0.135. The molecule has 0 spiro atoms. The molecule has 3 amide bonds. The van der Waals surface area contributed by atoms with E-state index in [9.17, 15) is 19.2 Å². The fourth-order valence-corrected chi connectivity index (χ4v) is 5.19. The molecule has 192 valence electrons. The maximum absolute atomic E-state index is 13.5. The van der Waals surface area contributed by atoms with Crippen LogP contribution in [0.2, 0.25) is 0 Å². The summed E-state index contributed by atoms with van der Waals surface area (Å²) in [7, 11) is 0. The Labute approximate surface area is 214 Å². The monoisotopic (exact) mass is 502 g/mol. The van der Waals surface area contributed by atoms with Crippen molar-refractivity contribution in [3.05, 3.63) is 64.2 Å². The Bertz CT molecular complexity index is 1410. The average molecular weight is 503 g/mol. The van der Waals surface area contributed by atoms with E-state index in [2.05, 4.69) is 15.6 Å². The minimum atomic E-state index is -0.800. The molecule has 1 atom stereocenters. The second kappa shape index (κ2) is 10.5. The van der Waals surface area contributed by atoms with Gasteiger partial charge in [-0.1, -0.05) is 37.5 Å². The molecule has 1 aromatic heterocycles. The van der Waals surface area contributed by atoms with E-state index >= 15 is 0 Å². The van der Waals surface area contributed by atoms with Gasteiger partial charge in [-0.25, -0.2) is 4.98 Å². The number of amides is 3. The van der Waals surface area contributed by atoms with Crippen molar-refractivity contribution in [1.82, 2.24) is 14.9 Å². The summed E-state index contributed by atoms with van der Waals surface area (Å²) in [6, 6.07) is 11.9. The molecule has 1 saturated carbocycles. The smallest absolute Gasteiger partial charge is 0.265 e. The van der Waals surface area contributed by atoms with Gasteiger partial charge in [0.2, 0.25) is 17.7 Å². The van der Waals surface area contributed by atoms with Crippen molar-refractivity contribution in [3.8, 4) is 5.75 Å². The average Bonchev–Trinajstić information content (AvgIpc) is 2.89. The number of hydrogen-bond donors (Lipinski definition) is 2. The van der Waals surface area contributed by atoms with E-state index in [0.717, 1.165) is 36.9 Å². The molecule has 1 saturated heterocycles. The van der Waals surface area contributed by atoms with Crippen LogP contribution in [0.5, 0.6) is 5.75 Å². The Hall–Kier alpha value is -4.01. The molecular weight excluding hydrogens is 472 g/mol. The molecule has 9 heteroatoms. The molecule has 5 rings (SSSR count). The molecule has 2 heterocycles. The number of imide groups is 1. The molecule has 2 fully saturated rings. The molecule has 0 radical (unpaired) electrons. The van der Waals surface area contributed by atoms with Crippen molar-refractivity contribution in [1.29, 1.82) is 0 Å². The Morgan fingerprint density at radius 2 is 1.81 bits per heavy atom. The lowest BCUT2D eigenvalue weighted by Gasteiger charge is -2.24. The van der Waals surface area contributed by atoms with Gasteiger partial charge in [-0.3, -0.25) is 29.1 Å². The van der Waals surface area contributed by atoms with Crippen LogP contribution >= 0.6 is 0 Å². The van der Waals surface area contributed by atoms with Gasteiger partial charge in [0.15, 0.2) is 0 Å². The minimum absolute atomic E-state index is 0.0783. The highest BCUT2D eigenvalue weighted by atomic mass is 16.5. The molecule has 1 unspecified atom stereocenters. The van der Waals surface area contributed by atoms with Gasteiger partial charge in [-0.15, -0.1) is 0 Å². The summed E-state index contributed by atoms with van der Waals surface area (Å²) in [5.41, 5.74) is 1.72. The maximum Gasteiger partial charge on any atom is 0.265 e. The normalized spacial score (nSPS) is 18.5. The standard InChI is InChI=1S/C28H30N4O5/c1-17-29-21-8-5-9-23(25(21)28(36)32(17)22-14-15-24(33)31-27(22)35)37-16-18-10-12-20(13-11-18)30-26(34)19-6-3-2-4-7-19/h5,8-13,19,22H,2-4,6-7,14-16H2,1H3,(H,30,34)(H,31,33,35). The van der Waals surface area contributed by atoms with Crippen LogP contribution in [0.1, 0.15) is 62.4 Å². The first-order chi connectivity index (χ1) is 17.9. The van der Waals surface area contributed by atoms with Crippen molar-refractivity contribution >= 4 is 34.3 Å². The molecule has 1 aliphatic carbocycles. The summed E-state index contributed by atoms with van der Waals surface area (Å²) in [5, 5.41) is 5.60. The molecule has 37 heavy (non-hydrogen) atoms. The van der Waals surface area contributed by atoms with Crippen molar-refractivity contribution in [3.63, 3.8) is 0 Å². The Balaban J connectivity index is 1.33. The number of anilines is 1. The molecule has 3 aromatic rings. The largest absolute Gasteiger partial charge is 0.488 e. The minimum Gasteiger partial charge on any atom is -0.488 e. The van der Waals surface area contributed by atoms with Crippen LogP contribution in [0.15, 0.2) is 47.3 Å². The highest BCUT2D eigenvalue weighted by molar-refractivity contribution is 5.99. The summed E-state index contributed by atoms with van der Waals surface area (Å²) >= 11 is 0. The first-order valence-corrected chi connectivity index (χ1v) is 12.8. The van der Waals surface area contributed by atoms with Gasteiger partial charge < -0.3 is 10.1 Å². The van der Waals surface area contributed by atoms with Crippen LogP contribution in [-0.2, 0) is 21.0 Å². The van der Waals surface area contributed by atoms with Crippen LogP contribution in [0.4, 0.5) is 5.69 Å². The molecule has 1 aliphatic heterocycles. The highest BCUT2D eigenvalue weighted by Crippen LogP contribution is 2.27. The third kappa shape index (κ3) is 5.26. The number of aromatic nitrogens is 2. The van der Waals surface area contributed by atoms with Crippen LogP contribution in [-0.4, -0.2) is 27.3 Å². The first-order valence-electron chi connectivity index (χ1n) is 12.8. The van der Waals surface area contributed by atoms with E-state index in [-0.39, 0.29) is 48.1 Å². The highest BCUT2D eigenvalue weighted by Gasteiger charge is 2.31. The zero-order chi connectivity index (χ0) is 25.9. The van der Waals surface area contributed by atoms with Crippen molar-refractivity contribution in [2.24, 2.45) is 5.92 Å². The number of nitrogens with zero attached hydrogens (tertiary/aromatic N) is 2. The zero-order valence-corrected chi connectivity index (χ0v) is 20.8. The summed E-state index contributed by atoms with van der Waals surface area (Å²) in [4.78, 5) is 54.6. The van der Waals surface area contributed by atoms with E-state index in [1.165, 1.54) is 11.0 Å². The Morgan fingerprint density at radius 3 is 2.54 bits per heavy atom. The van der Waals surface area contributed by atoms with Crippen LogP contribution < -0.4 is 20.9 Å². The first kappa shape index (κ1) is 24.7. The number of fused-ring (bicyclic) bond motifs is 1. The van der Waals surface area contributed by atoms with Gasteiger partial charge in [0, 0.05) is 18.0 Å². The third-order valence-electron chi connectivity index (χ3n) is 7.18. The fraction of sp³-hybridized carbons (Fsp3) is 0.393. The number of ether oxygens (including phenoxy) is 1. The number of hydrogen-bond acceptors (Lipinski definition) is 6. The number of piperidine rings is 1. The van der Waals surface area contributed by atoms with Crippen LogP contribution in [0, 0.1) is 12.8 Å². The Kier molecular flexibility index (Phi) is 7.03. The van der Waals surface area contributed by atoms with E-state index in [1.54, 1.807) is 25.1 Å². The van der Waals surface area contributed by atoms with Gasteiger partial charge in [-0.2, -0.15) is 0 Å². The number of aryl methyl sites for hydroxylation is 1. The second-order valence-corrected chi connectivity index (χ2v) is 9.76. The lowest BCUT2D eigenvalue weighted by atomic mass is 9.88. The van der Waals surface area contributed by atoms with Crippen LogP contribution in [0.3, 0.4) is 0 Å². The number of carbonyl (C=O) groups is 3. The predicted octanol–water partition coefficient (Wildman–Crippen LogP) is 3.78. The zero-order valence-electron chi connectivity index (χ0n) is 20.8. The van der Waals surface area contributed by atoms with E-state index in [1.807, 2.05) is 24.3 Å². The number of rotatable bonds is 6. The lowest BCUT2D eigenvalue weighted by Crippen LogP contribution is -2.45. The molecule has 0 bridgehead atoms. The number of nitrogens with one attached hydrogen (secondary N) is 2. The van der Waals surface area contributed by atoms with Gasteiger partial charge in [0.1, 0.15) is 29.6 Å². The number of carbonyl (C=O) groups excluding carboxylic acids is 3. The summed E-state index contributed by atoms with van der Waals surface area (Å²) in [6.07, 6.45) is 5.72. The summed E-state index contributed by atoms with van der Waals surface area (Å²) in [6.45, 7) is 1.88. The van der Waals surface area contributed by atoms with E-state index in [0.29, 0.717) is 17.1 Å². The van der Waals surface area contributed by atoms with E-state index < -0.39 is 11.9 Å². The van der Waals surface area contributed by atoms with Gasteiger partial charge in [-0.05, 0) is 56.0 Å². The van der Waals surface area contributed by atoms with Gasteiger partial charge in [0.25, 0.3) is 5.56 Å². The van der Waals surface area contributed by atoms with Gasteiger partial charge in [0.05, 0.1) is 5.52 Å². The van der Waals surface area contributed by atoms with Crippen LogP contribution in [0.25, 0.3) is 10.9 Å². The summed E-state index contributed by atoms with van der Waals surface area (Å²) < 4.78 is 7.38. The third-order valence-corrected chi connectivity index (χ3v) is 7.18. The van der Waals surface area contributed by atoms with Crippen molar-refractivity contribution < 1.29 is 19.1 Å². The van der Waals surface area contributed by atoms with E-state index in [4.69, 9.17) is 4.74 Å². The second-order valence-electron chi connectivity index (χ2n) is 9.76. The van der Waals surface area contributed by atoms with Crippen molar-refractivity contribution in [2.45, 2.75) is 64.5 Å². The topological polar surface area (TPSA) is 119 Å². The Morgan fingerprint density at radius 1 is 1.05 bits per heavy atom.